The number of nitrogens with zero attached hydrogens (tertiary/aromatic N) is 2. The highest BCUT2D eigenvalue weighted by Gasteiger charge is 2.21. The van der Waals surface area contributed by atoms with Crippen molar-refractivity contribution in [2.45, 2.75) is 4.90 Å². The van der Waals surface area contributed by atoms with Crippen molar-refractivity contribution < 1.29 is 13.3 Å². The molecule has 21 heavy (non-hydrogen) atoms. The van der Waals surface area contributed by atoms with Crippen molar-refractivity contribution in [3.05, 3.63) is 55.8 Å². The average Bonchev–Trinajstić information content (AvgIpc) is 2.41. The summed E-state index contributed by atoms with van der Waals surface area (Å²) in [5.74, 6) is -0.132. The summed E-state index contributed by atoms with van der Waals surface area (Å²) in [6, 6.07) is 5.28. The van der Waals surface area contributed by atoms with Gasteiger partial charge in [-0.25, -0.2) is 13.5 Å². The third-order valence-electron chi connectivity index (χ3n) is 2.34. The lowest BCUT2D eigenvalue weighted by atomic mass is 10.3. The van der Waals surface area contributed by atoms with Gasteiger partial charge in [0.15, 0.2) is 5.82 Å². The smallest absolute Gasteiger partial charge is 0.268 e. The molecule has 1 aromatic heterocycles. The number of benzene rings is 1. The lowest BCUT2D eigenvalue weighted by molar-refractivity contribution is -0.384. The number of nitro groups is 1. The SMILES string of the molecule is O=c1ccc(NS(=O)(=O)c2ccc(Cl)c([N+](=O)[O-])c2)n[nH]1. The third-order valence-corrected chi connectivity index (χ3v) is 4.01. The summed E-state index contributed by atoms with van der Waals surface area (Å²) in [4.78, 5) is 20.4. The van der Waals surface area contributed by atoms with Crippen molar-refractivity contribution in [2.75, 3.05) is 4.72 Å². The van der Waals surface area contributed by atoms with Gasteiger partial charge in [-0.3, -0.25) is 19.6 Å². The van der Waals surface area contributed by atoms with E-state index in [1.165, 1.54) is 0 Å². The molecule has 0 radical (unpaired) electrons. The van der Waals surface area contributed by atoms with Crippen molar-refractivity contribution in [3.8, 4) is 0 Å². The number of aromatic amines is 1. The van der Waals surface area contributed by atoms with Crippen molar-refractivity contribution in [3.63, 3.8) is 0 Å². The fraction of sp³-hybridized carbons (Fsp3) is 0. The number of sulfonamides is 1. The summed E-state index contributed by atoms with van der Waals surface area (Å²) in [5, 5.41) is 16.1. The number of halogens is 1. The second-order valence-corrected chi connectivity index (χ2v) is 5.87. The molecule has 2 rings (SSSR count). The Hall–Kier alpha value is -2.46. The summed E-state index contributed by atoms with van der Waals surface area (Å²) >= 11 is 5.61. The number of rotatable bonds is 4. The summed E-state index contributed by atoms with van der Waals surface area (Å²) in [6.45, 7) is 0. The van der Waals surface area contributed by atoms with Gasteiger partial charge in [0.1, 0.15) is 5.02 Å². The van der Waals surface area contributed by atoms with E-state index in [0.29, 0.717) is 0 Å². The van der Waals surface area contributed by atoms with Crippen LogP contribution in [0.2, 0.25) is 5.02 Å². The van der Waals surface area contributed by atoms with Crippen LogP contribution in [-0.2, 0) is 10.0 Å². The van der Waals surface area contributed by atoms with Gasteiger partial charge in [-0.05, 0) is 18.2 Å². The number of nitro benzene ring substituents is 1. The molecule has 0 spiro atoms. The van der Waals surface area contributed by atoms with Crippen LogP contribution in [0, 0.1) is 10.1 Å². The Balaban J connectivity index is 2.40. The molecule has 2 N–H and O–H groups in total. The molecule has 9 nitrogen and oxygen atoms in total. The maximum absolute atomic E-state index is 12.1. The first kappa shape index (κ1) is 14.9. The Morgan fingerprint density at radius 2 is 2.00 bits per heavy atom. The van der Waals surface area contributed by atoms with Crippen LogP contribution in [0.15, 0.2) is 40.0 Å². The van der Waals surface area contributed by atoms with Gasteiger partial charge in [-0.2, -0.15) is 5.10 Å². The second-order valence-electron chi connectivity index (χ2n) is 3.78. The van der Waals surface area contributed by atoms with Gasteiger partial charge in [0.25, 0.3) is 21.3 Å². The molecule has 0 amide bonds. The van der Waals surface area contributed by atoms with Crippen LogP contribution in [0.1, 0.15) is 0 Å². The molecular weight excluding hydrogens is 324 g/mol. The first-order chi connectivity index (χ1) is 9.79. The van der Waals surface area contributed by atoms with Crippen molar-refractivity contribution in [1.82, 2.24) is 10.2 Å². The summed E-state index contributed by atoms with van der Waals surface area (Å²) in [6.07, 6.45) is 0. The Morgan fingerprint density at radius 3 is 2.57 bits per heavy atom. The second kappa shape index (κ2) is 5.50. The van der Waals surface area contributed by atoms with E-state index in [4.69, 9.17) is 11.6 Å². The number of H-pyrrole nitrogens is 1. The molecular formula is C10H7ClN4O5S. The van der Waals surface area contributed by atoms with Gasteiger partial charge in [-0.1, -0.05) is 11.6 Å². The number of hydrogen-bond donors (Lipinski definition) is 2. The van der Waals surface area contributed by atoms with Gasteiger partial charge >= 0.3 is 0 Å². The Kier molecular flexibility index (Phi) is 3.91. The van der Waals surface area contributed by atoms with Crippen LogP contribution >= 0.6 is 11.6 Å². The normalized spacial score (nSPS) is 11.1. The molecule has 0 bridgehead atoms. The third kappa shape index (κ3) is 3.35. The van der Waals surface area contributed by atoms with Crippen molar-refractivity contribution in [2.24, 2.45) is 0 Å². The van der Waals surface area contributed by atoms with Crippen molar-refractivity contribution in [1.29, 1.82) is 0 Å². The predicted molar refractivity (Wildman–Crippen MR) is 73.8 cm³/mol. The predicted octanol–water partition coefficient (Wildman–Crippen LogP) is 1.13. The molecule has 0 fully saturated rings. The standard InChI is InChI=1S/C10H7ClN4O5S/c11-7-2-1-6(5-8(7)15(17)18)21(19,20)14-9-3-4-10(16)13-12-9/h1-5H,(H,12,14)(H,13,16). The molecule has 2 aromatic rings. The Bertz CT molecular complexity index is 843. The Labute approximate surface area is 122 Å². The molecule has 0 saturated carbocycles. The van der Waals surface area contributed by atoms with Crippen LogP contribution in [-0.4, -0.2) is 23.5 Å². The van der Waals surface area contributed by atoms with Gasteiger partial charge in [-0.15, -0.1) is 0 Å². The van der Waals surface area contributed by atoms with Crippen LogP contribution in [0.25, 0.3) is 0 Å². The van der Waals surface area contributed by atoms with Gasteiger partial charge in [0.2, 0.25) is 0 Å². The highest BCUT2D eigenvalue weighted by Crippen LogP contribution is 2.27. The number of anilines is 1. The fourth-order valence-electron chi connectivity index (χ4n) is 1.40. The van der Waals surface area contributed by atoms with Gasteiger partial charge < -0.3 is 0 Å². The zero-order valence-electron chi connectivity index (χ0n) is 10.1. The molecule has 11 heteroatoms. The molecule has 0 aliphatic rings. The highest BCUT2D eigenvalue weighted by molar-refractivity contribution is 7.92. The number of nitrogens with one attached hydrogen (secondary N) is 2. The molecule has 0 aliphatic carbocycles. The van der Waals surface area contributed by atoms with Crippen LogP contribution < -0.4 is 10.3 Å². The molecule has 0 atom stereocenters. The molecule has 0 aliphatic heterocycles. The minimum absolute atomic E-state index is 0.132. The van der Waals surface area contributed by atoms with Crippen LogP contribution in [0.5, 0.6) is 0 Å². The first-order valence-corrected chi connectivity index (χ1v) is 7.18. The van der Waals surface area contributed by atoms with Gasteiger partial charge in [0, 0.05) is 12.1 Å². The van der Waals surface area contributed by atoms with E-state index >= 15 is 0 Å². The Morgan fingerprint density at radius 1 is 1.29 bits per heavy atom. The number of aromatic nitrogens is 2. The minimum atomic E-state index is -4.10. The van der Waals surface area contributed by atoms with E-state index in [-0.39, 0.29) is 15.7 Å². The topological polar surface area (TPSA) is 135 Å². The summed E-state index contributed by atoms with van der Waals surface area (Å²) < 4.78 is 26.2. The lowest BCUT2D eigenvalue weighted by Crippen LogP contribution is -2.16. The van der Waals surface area contributed by atoms with E-state index in [9.17, 15) is 23.3 Å². The molecule has 1 heterocycles. The fourth-order valence-corrected chi connectivity index (χ4v) is 2.60. The summed E-state index contributed by atoms with van der Waals surface area (Å²) in [7, 11) is -4.10. The van der Waals surface area contributed by atoms with Crippen LogP contribution in [0.3, 0.4) is 0 Å². The molecule has 110 valence electrons. The molecule has 1 aromatic carbocycles. The molecule has 0 saturated heterocycles. The largest absolute Gasteiger partial charge is 0.289 e. The lowest BCUT2D eigenvalue weighted by Gasteiger charge is -2.06. The highest BCUT2D eigenvalue weighted by atomic mass is 35.5. The van der Waals surface area contributed by atoms with E-state index in [1.807, 2.05) is 0 Å². The monoisotopic (exact) mass is 330 g/mol. The van der Waals surface area contributed by atoms with E-state index < -0.39 is 26.2 Å². The van der Waals surface area contributed by atoms with E-state index in [2.05, 4.69) is 14.9 Å². The molecule has 0 unspecified atom stereocenters. The number of hydrogen-bond acceptors (Lipinski definition) is 6. The average molecular weight is 331 g/mol. The van der Waals surface area contributed by atoms with Gasteiger partial charge in [0.05, 0.1) is 9.82 Å². The zero-order chi connectivity index (χ0) is 15.6. The minimum Gasteiger partial charge on any atom is -0.268 e. The first-order valence-electron chi connectivity index (χ1n) is 5.32. The van der Waals surface area contributed by atoms with Crippen molar-refractivity contribution >= 4 is 33.1 Å². The maximum atomic E-state index is 12.1. The van der Waals surface area contributed by atoms with E-state index in [1.54, 1.807) is 0 Å². The quantitative estimate of drug-likeness (QED) is 0.637. The van der Waals surface area contributed by atoms with E-state index in [0.717, 1.165) is 30.3 Å². The maximum Gasteiger partial charge on any atom is 0.289 e. The zero-order valence-corrected chi connectivity index (χ0v) is 11.7. The van der Waals surface area contributed by atoms with Crippen LogP contribution in [0.4, 0.5) is 11.5 Å². The summed E-state index contributed by atoms with van der Waals surface area (Å²) in [5.41, 5.74) is -1.03.